The number of benzene rings is 8. The molecule has 0 amide bonds. The summed E-state index contributed by atoms with van der Waals surface area (Å²) in [6, 6.07) is 56.8. The first kappa shape index (κ1) is 36.5. The van der Waals surface area contributed by atoms with Crippen LogP contribution in [0.25, 0.3) is 88.4 Å². The topological polar surface area (TPSA) is 57.4 Å². The van der Waals surface area contributed by atoms with Gasteiger partial charge in [-0.2, -0.15) is 23.7 Å². The van der Waals surface area contributed by atoms with Crippen LogP contribution in [0.2, 0.25) is 0 Å². The van der Waals surface area contributed by atoms with E-state index in [9.17, 15) is 23.7 Å². The fourth-order valence-electron chi connectivity index (χ4n) is 8.75. The lowest BCUT2D eigenvalue weighted by Crippen LogP contribution is -2.07. The molecule has 10 rings (SSSR count). The summed E-state index contributed by atoms with van der Waals surface area (Å²) in [5.74, 6) is 0. The van der Waals surface area contributed by atoms with Crippen LogP contribution in [0.4, 0.5) is 13.2 Å². The third-order valence-electron chi connectivity index (χ3n) is 11.5. The van der Waals surface area contributed by atoms with Crippen molar-refractivity contribution in [2.24, 2.45) is 0 Å². The third kappa shape index (κ3) is 5.99. The second kappa shape index (κ2) is 13.9. The Labute approximate surface area is 343 Å². The van der Waals surface area contributed by atoms with Gasteiger partial charge in [0.05, 0.1) is 62.3 Å². The van der Waals surface area contributed by atoms with Crippen LogP contribution in [0.3, 0.4) is 0 Å². The van der Waals surface area contributed by atoms with E-state index in [2.05, 4.69) is 120 Å². The highest BCUT2D eigenvalue weighted by atomic mass is 19.4. The Balaban J connectivity index is 1.37. The van der Waals surface area contributed by atoms with Crippen molar-refractivity contribution in [3.8, 4) is 56.9 Å². The van der Waals surface area contributed by atoms with Crippen molar-refractivity contribution in [1.82, 2.24) is 9.13 Å². The maximum atomic E-state index is 14.4. The lowest BCUT2D eigenvalue weighted by atomic mass is 9.94. The molecule has 0 N–H and O–H groups in total. The van der Waals surface area contributed by atoms with E-state index in [0.717, 1.165) is 89.1 Å². The number of halogens is 3. The predicted molar refractivity (Wildman–Crippen MR) is 235 cm³/mol. The average Bonchev–Trinajstić information content (AvgIpc) is 3.77. The van der Waals surface area contributed by atoms with Gasteiger partial charge in [-0.15, -0.1) is 0 Å². The molecule has 0 aliphatic rings. The van der Waals surface area contributed by atoms with Gasteiger partial charge >= 0.3 is 6.18 Å². The summed E-state index contributed by atoms with van der Waals surface area (Å²) in [6.45, 7) is 4.13. The summed E-state index contributed by atoms with van der Waals surface area (Å²) < 4.78 is 47.5. The molecule has 0 unspecified atom stereocenters. The standard InChI is InChI=1S/C53H33F3N4/c1-32-9-7-11-35(21-32)37-17-19-44-42-13-3-5-15-47(42)59(49(44)26-37)51-28-40(31-58)46(39-23-34(30-57)24-41(25-39)53(54,55)56)29-52(51)60-48-16-6-4-14-43(48)45-20-18-38(27-50(45)60)36-12-8-10-33(2)22-36/h3-29H,1-2H3. The SMILES string of the molecule is Cc1cccc(-c2ccc3c4ccccc4n(-c4cc(C#N)c(-c5cc(C#N)cc(C(F)(F)F)c5)cc4-n4c5ccccc5c5ccc(-c6cccc(C)c6)cc54)c3c2)c1. The predicted octanol–water partition coefficient (Wildman–Crippen LogP) is 14.3. The fraction of sp³-hybridized carbons (Fsp3) is 0.0566. The van der Waals surface area contributed by atoms with Gasteiger partial charge in [0.2, 0.25) is 0 Å². The number of hydrogen-bond acceptors (Lipinski definition) is 2. The number of aryl methyl sites for hydroxylation is 2. The van der Waals surface area contributed by atoms with E-state index in [4.69, 9.17) is 0 Å². The van der Waals surface area contributed by atoms with E-state index in [1.165, 1.54) is 6.07 Å². The first-order valence-electron chi connectivity index (χ1n) is 19.5. The van der Waals surface area contributed by atoms with Crippen molar-refractivity contribution in [2.75, 3.05) is 0 Å². The second-order valence-corrected chi connectivity index (χ2v) is 15.3. The number of aromatic nitrogens is 2. The molecule has 0 fully saturated rings. The molecule has 286 valence electrons. The maximum Gasteiger partial charge on any atom is 0.416 e. The molecule has 0 bridgehead atoms. The molecule has 0 saturated carbocycles. The zero-order chi connectivity index (χ0) is 41.3. The summed E-state index contributed by atoms with van der Waals surface area (Å²) >= 11 is 0. The van der Waals surface area contributed by atoms with Crippen LogP contribution in [0.15, 0.2) is 164 Å². The lowest BCUT2D eigenvalue weighted by Gasteiger charge is -2.20. The summed E-state index contributed by atoms with van der Waals surface area (Å²) in [6.07, 6.45) is -4.71. The highest BCUT2D eigenvalue weighted by molar-refractivity contribution is 6.13. The largest absolute Gasteiger partial charge is 0.416 e. The molecule has 60 heavy (non-hydrogen) atoms. The number of hydrogen-bond donors (Lipinski definition) is 0. The molecule has 0 saturated heterocycles. The molecule has 4 nitrogen and oxygen atoms in total. The first-order chi connectivity index (χ1) is 29.1. The summed E-state index contributed by atoms with van der Waals surface area (Å²) in [5.41, 5.74) is 10.7. The van der Waals surface area contributed by atoms with Gasteiger partial charge in [-0.1, -0.05) is 120 Å². The smallest absolute Gasteiger partial charge is 0.307 e. The Morgan fingerprint density at radius 2 is 0.933 bits per heavy atom. The summed E-state index contributed by atoms with van der Waals surface area (Å²) in [7, 11) is 0. The maximum absolute atomic E-state index is 14.4. The molecule has 7 heteroatoms. The lowest BCUT2D eigenvalue weighted by molar-refractivity contribution is -0.137. The van der Waals surface area contributed by atoms with Crippen molar-refractivity contribution in [3.63, 3.8) is 0 Å². The molecule has 0 radical (unpaired) electrons. The number of alkyl halides is 3. The summed E-state index contributed by atoms with van der Waals surface area (Å²) in [4.78, 5) is 0. The van der Waals surface area contributed by atoms with Gasteiger partial charge in [0, 0.05) is 27.1 Å². The number of fused-ring (bicyclic) bond motifs is 6. The monoisotopic (exact) mass is 782 g/mol. The Morgan fingerprint density at radius 1 is 0.433 bits per heavy atom. The molecule has 0 atom stereocenters. The van der Waals surface area contributed by atoms with Crippen molar-refractivity contribution >= 4 is 43.6 Å². The van der Waals surface area contributed by atoms with Crippen molar-refractivity contribution < 1.29 is 13.2 Å². The van der Waals surface area contributed by atoms with Crippen molar-refractivity contribution in [2.45, 2.75) is 20.0 Å². The Kier molecular flexibility index (Phi) is 8.45. The quantitative estimate of drug-likeness (QED) is 0.175. The minimum absolute atomic E-state index is 0.121. The van der Waals surface area contributed by atoms with Crippen molar-refractivity contribution in [1.29, 1.82) is 10.5 Å². The number of rotatable bonds is 5. The highest BCUT2D eigenvalue weighted by Gasteiger charge is 2.32. The highest BCUT2D eigenvalue weighted by Crippen LogP contribution is 2.43. The van der Waals surface area contributed by atoms with Gasteiger partial charge in [0.1, 0.15) is 0 Å². The van der Waals surface area contributed by atoms with Gasteiger partial charge in [-0.25, -0.2) is 0 Å². The number of para-hydroxylation sites is 2. The molecule has 0 spiro atoms. The fourth-order valence-corrected chi connectivity index (χ4v) is 8.75. The van der Waals surface area contributed by atoms with Gasteiger partial charge in [0.25, 0.3) is 0 Å². The van der Waals surface area contributed by atoms with Crippen LogP contribution in [-0.2, 0) is 6.18 Å². The van der Waals surface area contributed by atoms with E-state index in [0.29, 0.717) is 11.4 Å². The third-order valence-corrected chi connectivity index (χ3v) is 11.5. The normalized spacial score (nSPS) is 11.7. The van der Waals surface area contributed by atoms with Crippen LogP contribution in [0.5, 0.6) is 0 Å². The number of nitrogens with zero attached hydrogens (tertiary/aromatic N) is 4. The van der Waals surface area contributed by atoms with Crippen LogP contribution >= 0.6 is 0 Å². The van der Waals surface area contributed by atoms with E-state index in [1.54, 1.807) is 6.07 Å². The first-order valence-corrected chi connectivity index (χ1v) is 19.5. The second-order valence-electron chi connectivity index (χ2n) is 15.3. The zero-order valence-electron chi connectivity index (χ0n) is 32.5. The van der Waals surface area contributed by atoms with E-state index >= 15 is 0 Å². The van der Waals surface area contributed by atoms with Crippen molar-refractivity contribution in [3.05, 3.63) is 192 Å². The Bertz CT molecular complexity index is 3480. The van der Waals surface area contributed by atoms with E-state index in [1.807, 2.05) is 54.6 Å². The van der Waals surface area contributed by atoms with Crippen LogP contribution < -0.4 is 0 Å². The van der Waals surface area contributed by atoms with Crippen LogP contribution in [0, 0.1) is 36.5 Å². The van der Waals surface area contributed by atoms with E-state index < -0.39 is 11.7 Å². The zero-order valence-corrected chi connectivity index (χ0v) is 32.5. The minimum Gasteiger partial charge on any atom is -0.307 e. The molecule has 0 aliphatic carbocycles. The molecule has 10 aromatic rings. The molecule has 2 heterocycles. The molecule has 8 aromatic carbocycles. The van der Waals surface area contributed by atoms with Gasteiger partial charge < -0.3 is 9.13 Å². The minimum atomic E-state index is -4.71. The van der Waals surface area contributed by atoms with Crippen LogP contribution in [-0.4, -0.2) is 9.13 Å². The van der Waals surface area contributed by atoms with Gasteiger partial charge in [-0.05, 0) is 96.3 Å². The molecule has 0 aliphatic heterocycles. The van der Waals surface area contributed by atoms with E-state index in [-0.39, 0.29) is 22.3 Å². The summed E-state index contributed by atoms with van der Waals surface area (Å²) in [5, 5.41) is 24.8. The Hall–Kier alpha value is -7.87. The van der Waals surface area contributed by atoms with Gasteiger partial charge in [0.15, 0.2) is 0 Å². The Morgan fingerprint density at radius 3 is 1.43 bits per heavy atom. The number of nitriles is 2. The van der Waals surface area contributed by atoms with Crippen LogP contribution in [0.1, 0.15) is 27.8 Å². The molecular weight excluding hydrogens is 750 g/mol. The molecular formula is C53H33F3N4. The molecule has 2 aromatic heterocycles. The average molecular weight is 783 g/mol. The van der Waals surface area contributed by atoms with Gasteiger partial charge in [-0.3, -0.25) is 0 Å².